The average Bonchev–Trinajstić information content (AvgIpc) is 2.46. The molecule has 0 bridgehead atoms. The highest BCUT2D eigenvalue weighted by Crippen LogP contribution is 2.26. The Morgan fingerprint density at radius 1 is 1.25 bits per heavy atom. The number of hydrogen-bond acceptors (Lipinski definition) is 3. The first-order chi connectivity index (χ1) is 9.61. The summed E-state index contributed by atoms with van der Waals surface area (Å²) in [5, 5.41) is 3.51. The Bertz CT molecular complexity index is 581. The van der Waals surface area contributed by atoms with Crippen molar-refractivity contribution in [3.05, 3.63) is 58.9 Å². The van der Waals surface area contributed by atoms with E-state index in [-0.39, 0.29) is 6.04 Å². The summed E-state index contributed by atoms with van der Waals surface area (Å²) in [6.07, 6.45) is 1.83. The molecule has 0 aliphatic carbocycles. The zero-order valence-electron chi connectivity index (χ0n) is 12.6. The number of hydrogen-bond donors (Lipinski definition) is 1. The van der Waals surface area contributed by atoms with Crippen LogP contribution < -0.4 is 10.1 Å². The normalized spacial score (nSPS) is 12.2. The lowest BCUT2D eigenvalue weighted by Gasteiger charge is -2.18. The van der Waals surface area contributed by atoms with Gasteiger partial charge in [-0.2, -0.15) is 0 Å². The van der Waals surface area contributed by atoms with E-state index in [1.165, 1.54) is 16.7 Å². The first kappa shape index (κ1) is 14.5. The number of pyridine rings is 1. The lowest BCUT2D eigenvalue weighted by molar-refractivity contribution is 0.401. The van der Waals surface area contributed by atoms with Crippen molar-refractivity contribution < 1.29 is 4.74 Å². The van der Waals surface area contributed by atoms with Gasteiger partial charge in [0.15, 0.2) is 0 Å². The number of methoxy groups -OCH3 is 1. The molecule has 2 aromatic rings. The monoisotopic (exact) mass is 270 g/mol. The molecule has 3 nitrogen and oxygen atoms in total. The van der Waals surface area contributed by atoms with Gasteiger partial charge >= 0.3 is 0 Å². The molecule has 0 aliphatic heterocycles. The number of nitrogens with one attached hydrogen (secondary N) is 1. The van der Waals surface area contributed by atoms with Crippen LogP contribution in [0, 0.1) is 13.8 Å². The van der Waals surface area contributed by atoms with Crippen LogP contribution in [0.2, 0.25) is 0 Å². The summed E-state index contributed by atoms with van der Waals surface area (Å²) in [7, 11) is 1.72. The lowest BCUT2D eigenvalue weighted by atomic mass is 10.0. The van der Waals surface area contributed by atoms with E-state index in [1.807, 2.05) is 12.3 Å². The molecule has 0 saturated heterocycles. The molecule has 0 aliphatic rings. The summed E-state index contributed by atoms with van der Waals surface area (Å²) in [5.41, 5.74) is 4.68. The second kappa shape index (κ2) is 6.53. The summed E-state index contributed by atoms with van der Waals surface area (Å²) in [5.74, 6) is 0.933. The third-order valence-electron chi connectivity index (χ3n) is 3.55. The summed E-state index contributed by atoms with van der Waals surface area (Å²) >= 11 is 0. The van der Waals surface area contributed by atoms with Crippen LogP contribution in [0.25, 0.3) is 0 Å². The number of ether oxygens (including phenoxy) is 1. The maximum atomic E-state index is 5.47. The van der Waals surface area contributed by atoms with Crippen LogP contribution in [0.1, 0.15) is 35.3 Å². The Labute approximate surface area is 121 Å². The van der Waals surface area contributed by atoms with Crippen LogP contribution in [0.5, 0.6) is 5.75 Å². The minimum Gasteiger partial charge on any atom is -0.496 e. The van der Waals surface area contributed by atoms with E-state index in [0.29, 0.717) is 0 Å². The van der Waals surface area contributed by atoms with Crippen LogP contribution in [-0.2, 0) is 6.54 Å². The molecular weight excluding hydrogens is 248 g/mol. The van der Waals surface area contributed by atoms with Crippen molar-refractivity contribution in [2.24, 2.45) is 0 Å². The number of aryl methyl sites for hydroxylation is 2. The van der Waals surface area contributed by atoms with Crippen LogP contribution in [0.15, 0.2) is 36.5 Å². The third-order valence-corrected chi connectivity index (χ3v) is 3.55. The fourth-order valence-corrected chi connectivity index (χ4v) is 2.24. The van der Waals surface area contributed by atoms with Crippen molar-refractivity contribution in [1.82, 2.24) is 10.3 Å². The van der Waals surface area contributed by atoms with Gasteiger partial charge in [0.05, 0.1) is 12.8 Å². The lowest BCUT2D eigenvalue weighted by Crippen LogP contribution is -2.20. The van der Waals surface area contributed by atoms with Crippen molar-refractivity contribution in [3.8, 4) is 5.75 Å². The quantitative estimate of drug-likeness (QED) is 0.902. The molecule has 3 heteroatoms. The Kier molecular flexibility index (Phi) is 4.74. The van der Waals surface area contributed by atoms with Crippen molar-refractivity contribution in [2.75, 3.05) is 7.11 Å². The Morgan fingerprint density at radius 2 is 2.05 bits per heavy atom. The van der Waals surface area contributed by atoms with Crippen LogP contribution in [0.4, 0.5) is 0 Å². The van der Waals surface area contributed by atoms with Gasteiger partial charge in [-0.1, -0.05) is 18.2 Å². The zero-order chi connectivity index (χ0) is 14.5. The van der Waals surface area contributed by atoms with Gasteiger partial charge in [-0.3, -0.25) is 4.98 Å². The molecule has 1 N–H and O–H groups in total. The summed E-state index contributed by atoms with van der Waals surface area (Å²) in [6.45, 7) is 7.05. The molecule has 20 heavy (non-hydrogen) atoms. The van der Waals surface area contributed by atoms with E-state index >= 15 is 0 Å². The van der Waals surface area contributed by atoms with Crippen molar-refractivity contribution in [3.63, 3.8) is 0 Å². The Balaban J connectivity index is 2.09. The molecule has 1 aromatic heterocycles. The number of nitrogens with zero attached hydrogens (tertiary/aromatic N) is 1. The molecule has 0 radical (unpaired) electrons. The number of rotatable bonds is 5. The molecule has 1 aromatic carbocycles. The molecule has 0 fully saturated rings. The van der Waals surface area contributed by atoms with E-state index in [0.717, 1.165) is 18.0 Å². The van der Waals surface area contributed by atoms with E-state index in [1.54, 1.807) is 7.11 Å². The fourth-order valence-electron chi connectivity index (χ4n) is 2.24. The summed E-state index contributed by atoms with van der Waals surface area (Å²) < 4.78 is 5.47. The second-order valence-electron chi connectivity index (χ2n) is 5.11. The minimum absolute atomic E-state index is 0.215. The molecule has 106 valence electrons. The highest BCUT2D eigenvalue weighted by atomic mass is 16.5. The Hall–Kier alpha value is -1.87. The first-order valence-corrected chi connectivity index (χ1v) is 6.90. The standard InChI is InChI=1S/C17H22N2O/c1-12-7-8-15(17(10-12)20-4)14(3)19-11-16-13(2)6-5-9-18-16/h5-10,14,19H,11H2,1-4H3. The molecule has 0 saturated carbocycles. The van der Waals surface area contributed by atoms with Gasteiger partial charge < -0.3 is 10.1 Å². The SMILES string of the molecule is COc1cc(C)ccc1C(C)NCc1ncccc1C. The minimum atomic E-state index is 0.215. The maximum Gasteiger partial charge on any atom is 0.123 e. The molecule has 2 rings (SSSR count). The highest BCUT2D eigenvalue weighted by Gasteiger charge is 2.11. The van der Waals surface area contributed by atoms with Gasteiger partial charge in [0, 0.05) is 24.3 Å². The third kappa shape index (κ3) is 3.36. The zero-order valence-corrected chi connectivity index (χ0v) is 12.6. The predicted octanol–water partition coefficient (Wildman–Crippen LogP) is 3.56. The predicted molar refractivity (Wildman–Crippen MR) is 82.0 cm³/mol. The van der Waals surface area contributed by atoms with E-state index in [2.05, 4.69) is 55.3 Å². The van der Waals surface area contributed by atoms with Gasteiger partial charge in [0.2, 0.25) is 0 Å². The summed E-state index contributed by atoms with van der Waals surface area (Å²) in [6, 6.07) is 10.6. The van der Waals surface area contributed by atoms with Gasteiger partial charge in [0.25, 0.3) is 0 Å². The largest absolute Gasteiger partial charge is 0.496 e. The van der Waals surface area contributed by atoms with Gasteiger partial charge in [-0.25, -0.2) is 0 Å². The van der Waals surface area contributed by atoms with Crippen LogP contribution >= 0.6 is 0 Å². The molecule has 0 amide bonds. The first-order valence-electron chi connectivity index (χ1n) is 6.90. The molecule has 1 heterocycles. The second-order valence-corrected chi connectivity index (χ2v) is 5.11. The molecule has 1 atom stereocenters. The maximum absolute atomic E-state index is 5.47. The highest BCUT2D eigenvalue weighted by molar-refractivity contribution is 5.39. The van der Waals surface area contributed by atoms with E-state index in [9.17, 15) is 0 Å². The summed E-state index contributed by atoms with van der Waals surface area (Å²) in [4.78, 5) is 4.41. The van der Waals surface area contributed by atoms with Crippen molar-refractivity contribution in [1.29, 1.82) is 0 Å². The van der Waals surface area contributed by atoms with Crippen molar-refractivity contribution in [2.45, 2.75) is 33.4 Å². The fraction of sp³-hybridized carbons (Fsp3) is 0.353. The van der Waals surface area contributed by atoms with E-state index in [4.69, 9.17) is 4.74 Å². The van der Waals surface area contributed by atoms with Gasteiger partial charge in [-0.05, 0) is 44.0 Å². The number of benzene rings is 1. The topological polar surface area (TPSA) is 34.1 Å². The average molecular weight is 270 g/mol. The number of aromatic nitrogens is 1. The Morgan fingerprint density at radius 3 is 2.75 bits per heavy atom. The van der Waals surface area contributed by atoms with Gasteiger partial charge in [-0.15, -0.1) is 0 Å². The molecule has 1 unspecified atom stereocenters. The van der Waals surface area contributed by atoms with E-state index < -0.39 is 0 Å². The molecular formula is C17H22N2O. The van der Waals surface area contributed by atoms with Crippen LogP contribution in [-0.4, -0.2) is 12.1 Å². The van der Waals surface area contributed by atoms with Crippen molar-refractivity contribution >= 4 is 0 Å². The van der Waals surface area contributed by atoms with Gasteiger partial charge in [0.1, 0.15) is 5.75 Å². The molecule has 0 spiro atoms. The smallest absolute Gasteiger partial charge is 0.123 e. The van der Waals surface area contributed by atoms with Crippen LogP contribution in [0.3, 0.4) is 0 Å².